The largest absolute Gasteiger partial charge is 0.452 e. The van der Waals surface area contributed by atoms with Crippen LogP contribution in [0.3, 0.4) is 0 Å². The van der Waals surface area contributed by atoms with E-state index in [1.165, 1.54) is 0 Å². The monoisotopic (exact) mass is 384 g/mol. The van der Waals surface area contributed by atoms with E-state index < -0.39 is 12.1 Å². The highest BCUT2D eigenvalue weighted by Gasteiger charge is 2.18. The number of carbonyl (C=O) groups excluding carboxylic acids is 2. The van der Waals surface area contributed by atoms with Crippen molar-refractivity contribution in [3.8, 4) is 0 Å². The second-order valence-electron chi connectivity index (χ2n) is 5.89. The Morgan fingerprint density at radius 1 is 1.15 bits per heavy atom. The number of aromatic nitrogens is 1. The molecule has 1 aromatic heterocycles. The first-order valence-electron chi connectivity index (χ1n) is 8.61. The predicted octanol–water partition coefficient (Wildman–Crippen LogP) is 3.21. The van der Waals surface area contributed by atoms with Gasteiger partial charge in [0.25, 0.3) is 11.1 Å². The van der Waals surface area contributed by atoms with E-state index >= 15 is 0 Å². The number of amides is 1. The van der Waals surface area contributed by atoms with Crippen LogP contribution in [0.15, 0.2) is 64.2 Å². The number of benzene rings is 2. The standard InChI is InChI=1S/C20H20N2O4S/c1-14(19(24)21-12-11-15-7-3-2-4-8-15)25-18(23)13-27-20-22-16-9-5-6-10-17(16)26-20/h2-10,14H,11-13H2,1H3,(H,21,24)/t14-/m1/s1. The van der Waals surface area contributed by atoms with Crippen molar-refractivity contribution in [2.75, 3.05) is 12.3 Å². The Morgan fingerprint density at radius 2 is 1.89 bits per heavy atom. The van der Waals surface area contributed by atoms with Crippen molar-refractivity contribution in [3.05, 3.63) is 60.2 Å². The molecule has 0 fully saturated rings. The fourth-order valence-electron chi connectivity index (χ4n) is 2.44. The summed E-state index contributed by atoms with van der Waals surface area (Å²) in [6.07, 6.45) is -0.126. The molecule has 1 amide bonds. The number of nitrogens with one attached hydrogen (secondary N) is 1. The van der Waals surface area contributed by atoms with Gasteiger partial charge in [-0.1, -0.05) is 54.2 Å². The minimum absolute atomic E-state index is 0.0223. The van der Waals surface area contributed by atoms with Crippen LogP contribution in [0.1, 0.15) is 12.5 Å². The number of nitrogens with zero attached hydrogens (tertiary/aromatic N) is 1. The molecule has 140 valence electrons. The van der Waals surface area contributed by atoms with Crippen LogP contribution in [0.25, 0.3) is 11.1 Å². The summed E-state index contributed by atoms with van der Waals surface area (Å²) in [5, 5.41) is 3.17. The van der Waals surface area contributed by atoms with Gasteiger partial charge in [-0.2, -0.15) is 0 Å². The maximum absolute atomic E-state index is 12.0. The van der Waals surface area contributed by atoms with Gasteiger partial charge in [-0.25, -0.2) is 4.98 Å². The Labute approximate surface area is 161 Å². The van der Waals surface area contributed by atoms with Crippen LogP contribution >= 0.6 is 11.8 Å². The fraction of sp³-hybridized carbons (Fsp3) is 0.250. The SMILES string of the molecule is C[C@@H](OC(=O)CSc1nc2ccccc2o1)C(=O)NCCc1ccccc1. The first kappa shape index (κ1) is 19.0. The number of hydrogen-bond donors (Lipinski definition) is 1. The van der Waals surface area contributed by atoms with E-state index in [0.29, 0.717) is 17.4 Å². The molecule has 1 heterocycles. The van der Waals surface area contributed by atoms with Crippen molar-refractivity contribution in [2.24, 2.45) is 0 Å². The molecule has 3 aromatic rings. The molecule has 0 saturated carbocycles. The molecule has 0 aliphatic carbocycles. The van der Waals surface area contributed by atoms with Crippen molar-refractivity contribution in [1.82, 2.24) is 10.3 Å². The van der Waals surface area contributed by atoms with Crippen molar-refractivity contribution in [3.63, 3.8) is 0 Å². The third-order valence-electron chi connectivity index (χ3n) is 3.82. The molecular formula is C20H20N2O4S. The van der Waals surface area contributed by atoms with Gasteiger partial charge in [0.05, 0.1) is 0 Å². The predicted molar refractivity (Wildman–Crippen MR) is 103 cm³/mol. The topological polar surface area (TPSA) is 81.4 Å². The van der Waals surface area contributed by atoms with Crippen LogP contribution in [0, 0.1) is 0 Å². The molecule has 0 aliphatic rings. The van der Waals surface area contributed by atoms with Gasteiger partial charge in [-0.3, -0.25) is 9.59 Å². The molecule has 0 radical (unpaired) electrons. The van der Waals surface area contributed by atoms with E-state index in [1.54, 1.807) is 6.92 Å². The zero-order valence-corrected chi connectivity index (χ0v) is 15.7. The molecule has 0 bridgehead atoms. The van der Waals surface area contributed by atoms with Crippen LogP contribution in [0.4, 0.5) is 0 Å². The number of rotatable bonds is 8. The summed E-state index contributed by atoms with van der Waals surface area (Å²) >= 11 is 1.14. The molecule has 7 heteroatoms. The zero-order valence-electron chi connectivity index (χ0n) is 14.9. The van der Waals surface area contributed by atoms with Gasteiger partial charge in [0.2, 0.25) is 0 Å². The lowest BCUT2D eigenvalue weighted by Crippen LogP contribution is -2.37. The highest BCUT2D eigenvalue weighted by Crippen LogP contribution is 2.23. The van der Waals surface area contributed by atoms with Crippen molar-refractivity contribution < 1.29 is 18.7 Å². The summed E-state index contributed by atoms with van der Waals surface area (Å²) in [5.74, 6) is -0.784. The van der Waals surface area contributed by atoms with Crippen molar-refractivity contribution >= 4 is 34.7 Å². The zero-order chi connectivity index (χ0) is 19.1. The summed E-state index contributed by atoms with van der Waals surface area (Å²) in [5.41, 5.74) is 2.54. The number of esters is 1. The number of oxazole rings is 1. The van der Waals surface area contributed by atoms with Crippen LogP contribution in [-0.4, -0.2) is 35.3 Å². The van der Waals surface area contributed by atoms with E-state index in [-0.39, 0.29) is 11.7 Å². The Morgan fingerprint density at radius 3 is 2.67 bits per heavy atom. The van der Waals surface area contributed by atoms with E-state index in [0.717, 1.165) is 29.3 Å². The maximum atomic E-state index is 12.0. The quantitative estimate of drug-likeness (QED) is 0.474. The maximum Gasteiger partial charge on any atom is 0.317 e. The summed E-state index contributed by atoms with van der Waals surface area (Å²) in [6.45, 7) is 2.04. The van der Waals surface area contributed by atoms with Crippen LogP contribution < -0.4 is 5.32 Å². The minimum atomic E-state index is -0.850. The molecule has 0 spiro atoms. The number of ether oxygens (including phenoxy) is 1. The molecule has 0 aliphatic heterocycles. The molecule has 6 nitrogen and oxygen atoms in total. The fourth-order valence-corrected chi connectivity index (χ4v) is 3.06. The molecule has 27 heavy (non-hydrogen) atoms. The number of carbonyl (C=O) groups is 2. The van der Waals surface area contributed by atoms with E-state index in [9.17, 15) is 9.59 Å². The molecule has 0 unspecified atom stereocenters. The lowest BCUT2D eigenvalue weighted by molar-refractivity contribution is -0.152. The summed E-state index contributed by atoms with van der Waals surface area (Å²) in [4.78, 5) is 28.3. The van der Waals surface area contributed by atoms with E-state index in [1.807, 2.05) is 54.6 Å². The number of fused-ring (bicyclic) bond motifs is 1. The second-order valence-corrected chi connectivity index (χ2v) is 6.82. The highest BCUT2D eigenvalue weighted by molar-refractivity contribution is 7.99. The van der Waals surface area contributed by atoms with Crippen molar-refractivity contribution in [1.29, 1.82) is 0 Å². The number of para-hydroxylation sites is 2. The van der Waals surface area contributed by atoms with Crippen LogP contribution in [0.2, 0.25) is 0 Å². The Kier molecular flexibility index (Phi) is 6.49. The van der Waals surface area contributed by atoms with Crippen LogP contribution in [0.5, 0.6) is 0 Å². The third-order valence-corrected chi connectivity index (χ3v) is 4.62. The summed E-state index contributed by atoms with van der Waals surface area (Å²) in [7, 11) is 0. The van der Waals surface area contributed by atoms with Gasteiger partial charge in [-0.15, -0.1) is 0 Å². The summed E-state index contributed by atoms with van der Waals surface area (Å²) in [6, 6.07) is 17.2. The lowest BCUT2D eigenvalue weighted by Gasteiger charge is -2.13. The second kappa shape index (κ2) is 9.23. The van der Waals surface area contributed by atoms with Crippen LogP contribution in [-0.2, 0) is 20.7 Å². The first-order chi connectivity index (χ1) is 13.1. The van der Waals surface area contributed by atoms with Gasteiger partial charge in [0.1, 0.15) is 11.3 Å². The van der Waals surface area contributed by atoms with Crippen molar-refractivity contribution in [2.45, 2.75) is 24.7 Å². The Balaban J connectivity index is 1.39. The normalized spacial score (nSPS) is 11.9. The Hall–Kier alpha value is -2.80. The molecule has 1 atom stereocenters. The average molecular weight is 384 g/mol. The first-order valence-corrected chi connectivity index (χ1v) is 9.60. The van der Waals surface area contributed by atoms with Gasteiger partial charge >= 0.3 is 5.97 Å². The average Bonchev–Trinajstić information content (AvgIpc) is 3.10. The molecule has 3 rings (SSSR count). The molecular weight excluding hydrogens is 364 g/mol. The molecule has 1 N–H and O–H groups in total. The van der Waals surface area contributed by atoms with Gasteiger partial charge in [0.15, 0.2) is 11.7 Å². The highest BCUT2D eigenvalue weighted by atomic mass is 32.2. The van der Waals surface area contributed by atoms with Gasteiger partial charge in [-0.05, 0) is 31.0 Å². The molecule has 2 aromatic carbocycles. The smallest absolute Gasteiger partial charge is 0.317 e. The lowest BCUT2D eigenvalue weighted by atomic mass is 10.1. The number of hydrogen-bond acceptors (Lipinski definition) is 6. The summed E-state index contributed by atoms with van der Waals surface area (Å²) < 4.78 is 10.7. The van der Waals surface area contributed by atoms with E-state index in [2.05, 4.69) is 10.3 Å². The van der Waals surface area contributed by atoms with Gasteiger partial charge < -0.3 is 14.5 Å². The molecule has 0 saturated heterocycles. The minimum Gasteiger partial charge on any atom is -0.452 e. The number of thioether (sulfide) groups is 1. The third kappa shape index (κ3) is 5.59. The Bertz CT molecular complexity index is 878. The van der Waals surface area contributed by atoms with E-state index in [4.69, 9.17) is 9.15 Å². The van der Waals surface area contributed by atoms with Gasteiger partial charge in [0, 0.05) is 6.54 Å².